The molecule has 1 aromatic carbocycles. The Kier molecular flexibility index (Phi) is 4.35. The molecule has 3 nitrogen and oxygen atoms in total. The van der Waals surface area contributed by atoms with E-state index in [0.29, 0.717) is 11.8 Å². The lowest BCUT2D eigenvalue weighted by atomic mass is 10.1. The molecule has 2 N–H and O–H groups in total. The number of nitrogens with one attached hydrogen (secondary N) is 1. The van der Waals surface area contributed by atoms with Crippen molar-refractivity contribution >= 4 is 33.7 Å². The van der Waals surface area contributed by atoms with E-state index >= 15 is 0 Å². The van der Waals surface area contributed by atoms with Gasteiger partial charge >= 0.3 is 5.97 Å². The molecule has 0 saturated heterocycles. The van der Waals surface area contributed by atoms with Crippen molar-refractivity contribution in [1.82, 2.24) is 5.32 Å². The Balaban J connectivity index is 1.96. The summed E-state index contributed by atoms with van der Waals surface area (Å²) >= 11 is 4.95. The summed E-state index contributed by atoms with van der Waals surface area (Å²) in [6, 6.07) is 8.31. The summed E-state index contributed by atoms with van der Waals surface area (Å²) in [5.74, 6) is -0.250. The standard InChI is InChI=1S/C13H16BrNO2S/c1-13(12(16)17,15-10-4-5-10)8-18-11-6-2-9(14)3-7-11/h2-3,6-7,10,15H,4-5,8H2,1H3,(H,16,17). The Morgan fingerprint density at radius 1 is 1.50 bits per heavy atom. The van der Waals surface area contributed by atoms with E-state index in [1.807, 2.05) is 24.3 Å². The van der Waals surface area contributed by atoms with Crippen LogP contribution in [0, 0.1) is 0 Å². The van der Waals surface area contributed by atoms with Gasteiger partial charge in [-0.15, -0.1) is 11.8 Å². The largest absolute Gasteiger partial charge is 0.480 e. The van der Waals surface area contributed by atoms with Gasteiger partial charge in [-0.3, -0.25) is 10.1 Å². The SMILES string of the molecule is CC(CSc1ccc(Br)cc1)(NC1CC1)C(=O)O. The molecule has 1 aromatic rings. The summed E-state index contributed by atoms with van der Waals surface area (Å²) in [4.78, 5) is 12.5. The smallest absolute Gasteiger partial charge is 0.324 e. The molecule has 98 valence electrons. The van der Waals surface area contributed by atoms with Crippen LogP contribution in [0.15, 0.2) is 33.6 Å². The summed E-state index contributed by atoms with van der Waals surface area (Å²) in [5.41, 5.74) is -0.848. The number of carbonyl (C=O) groups is 1. The summed E-state index contributed by atoms with van der Waals surface area (Å²) in [6.45, 7) is 1.76. The van der Waals surface area contributed by atoms with Crippen LogP contribution in [0.5, 0.6) is 0 Å². The van der Waals surface area contributed by atoms with E-state index in [1.165, 1.54) is 0 Å². The van der Waals surface area contributed by atoms with E-state index in [1.54, 1.807) is 18.7 Å². The van der Waals surface area contributed by atoms with Gasteiger partial charge in [-0.2, -0.15) is 0 Å². The molecule has 1 saturated carbocycles. The molecule has 0 bridgehead atoms. The topological polar surface area (TPSA) is 49.3 Å². The normalized spacial score (nSPS) is 18.3. The summed E-state index contributed by atoms with van der Waals surface area (Å²) in [5, 5.41) is 12.6. The molecule has 5 heteroatoms. The van der Waals surface area contributed by atoms with Crippen LogP contribution in [0.4, 0.5) is 0 Å². The third-order valence-electron chi connectivity index (χ3n) is 2.91. The van der Waals surface area contributed by atoms with Gasteiger partial charge in [0.2, 0.25) is 0 Å². The Morgan fingerprint density at radius 2 is 2.11 bits per heavy atom. The maximum Gasteiger partial charge on any atom is 0.324 e. The fraction of sp³-hybridized carbons (Fsp3) is 0.462. The minimum atomic E-state index is -0.848. The highest BCUT2D eigenvalue weighted by Crippen LogP contribution is 2.28. The molecule has 0 spiro atoms. The second kappa shape index (κ2) is 5.63. The lowest BCUT2D eigenvalue weighted by molar-refractivity contribution is -0.143. The monoisotopic (exact) mass is 329 g/mol. The average Bonchev–Trinajstić information content (AvgIpc) is 3.12. The second-order valence-electron chi connectivity index (χ2n) is 4.80. The minimum absolute atomic E-state index is 0.386. The highest BCUT2D eigenvalue weighted by Gasteiger charge is 2.38. The quantitative estimate of drug-likeness (QED) is 0.787. The van der Waals surface area contributed by atoms with Gasteiger partial charge in [0.1, 0.15) is 5.54 Å². The fourth-order valence-corrected chi connectivity index (χ4v) is 2.86. The van der Waals surface area contributed by atoms with Crippen LogP contribution in [0.25, 0.3) is 0 Å². The number of hydrogen-bond acceptors (Lipinski definition) is 3. The lowest BCUT2D eigenvalue weighted by Gasteiger charge is -2.26. The number of thioether (sulfide) groups is 1. The number of benzene rings is 1. The maximum absolute atomic E-state index is 11.4. The zero-order valence-electron chi connectivity index (χ0n) is 10.1. The predicted octanol–water partition coefficient (Wildman–Crippen LogP) is 3.14. The van der Waals surface area contributed by atoms with Crippen LogP contribution in [-0.2, 0) is 4.79 Å². The number of halogens is 1. The van der Waals surface area contributed by atoms with Crippen molar-refractivity contribution in [1.29, 1.82) is 0 Å². The van der Waals surface area contributed by atoms with E-state index in [4.69, 9.17) is 0 Å². The molecular weight excluding hydrogens is 314 g/mol. The van der Waals surface area contributed by atoms with Gasteiger partial charge in [0.15, 0.2) is 0 Å². The van der Waals surface area contributed by atoms with Crippen molar-refractivity contribution in [2.45, 2.75) is 36.2 Å². The van der Waals surface area contributed by atoms with Crippen molar-refractivity contribution in [2.75, 3.05) is 5.75 Å². The summed E-state index contributed by atoms with van der Waals surface area (Å²) < 4.78 is 1.03. The molecule has 1 fully saturated rings. The number of hydrogen-bond donors (Lipinski definition) is 2. The van der Waals surface area contributed by atoms with Gasteiger partial charge in [-0.25, -0.2) is 0 Å². The summed E-state index contributed by atoms with van der Waals surface area (Å²) in [7, 11) is 0. The van der Waals surface area contributed by atoms with Crippen LogP contribution < -0.4 is 5.32 Å². The lowest BCUT2D eigenvalue weighted by Crippen LogP contribution is -2.52. The van der Waals surface area contributed by atoms with Crippen LogP contribution in [0.2, 0.25) is 0 Å². The average molecular weight is 330 g/mol. The number of carboxylic acid groups (broad SMARTS) is 1. The van der Waals surface area contributed by atoms with Gasteiger partial charge in [0, 0.05) is 21.2 Å². The van der Waals surface area contributed by atoms with Crippen LogP contribution >= 0.6 is 27.7 Å². The van der Waals surface area contributed by atoms with Crippen molar-refractivity contribution in [3.8, 4) is 0 Å². The maximum atomic E-state index is 11.4. The Labute approximate surface area is 119 Å². The molecule has 0 radical (unpaired) electrons. The Bertz CT molecular complexity index is 433. The highest BCUT2D eigenvalue weighted by atomic mass is 79.9. The zero-order valence-corrected chi connectivity index (χ0v) is 12.6. The molecular formula is C13H16BrNO2S. The Hall–Kier alpha value is -0.520. The van der Waals surface area contributed by atoms with Gasteiger partial charge in [0.25, 0.3) is 0 Å². The van der Waals surface area contributed by atoms with Crippen molar-refractivity contribution in [2.24, 2.45) is 0 Å². The van der Waals surface area contributed by atoms with Crippen LogP contribution in [0.1, 0.15) is 19.8 Å². The van der Waals surface area contributed by atoms with Crippen LogP contribution in [0.3, 0.4) is 0 Å². The number of rotatable bonds is 6. The fourth-order valence-electron chi connectivity index (χ4n) is 1.60. The van der Waals surface area contributed by atoms with E-state index in [-0.39, 0.29) is 0 Å². The molecule has 0 aromatic heterocycles. The minimum Gasteiger partial charge on any atom is -0.480 e. The first kappa shape index (κ1) is 13.9. The summed E-state index contributed by atoms with van der Waals surface area (Å²) in [6.07, 6.45) is 2.18. The second-order valence-corrected chi connectivity index (χ2v) is 6.76. The zero-order chi connectivity index (χ0) is 13.2. The first-order valence-corrected chi connectivity index (χ1v) is 7.67. The molecule has 1 unspecified atom stereocenters. The van der Waals surface area contributed by atoms with Crippen molar-refractivity contribution in [3.63, 3.8) is 0 Å². The molecule has 18 heavy (non-hydrogen) atoms. The molecule has 1 aliphatic carbocycles. The van der Waals surface area contributed by atoms with Gasteiger partial charge in [-0.05, 0) is 44.0 Å². The molecule has 1 aliphatic rings. The predicted molar refractivity (Wildman–Crippen MR) is 77.1 cm³/mol. The first-order valence-electron chi connectivity index (χ1n) is 5.89. The van der Waals surface area contributed by atoms with Crippen molar-refractivity contribution < 1.29 is 9.90 Å². The first-order chi connectivity index (χ1) is 8.49. The Morgan fingerprint density at radius 3 is 2.61 bits per heavy atom. The van der Waals surface area contributed by atoms with E-state index in [2.05, 4.69) is 21.2 Å². The highest BCUT2D eigenvalue weighted by molar-refractivity contribution is 9.10. The van der Waals surface area contributed by atoms with Gasteiger partial charge in [-0.1, -0.05) is 15.9 Å². The molecule has 0 amide bonds. The molecule has 2 rings (SSSR count). The van der Waals surface area contributed by atoms with Crippen LogP contribution in [-0.4, -0.2) is 28.4 Å². The van der Waals surface area contributed by atoms with E-state index in [0.717, 1.165) is 22.2 Å². The van der Waals surface area contributed by atoms with E-state index < -0.39 is 11.5 Å². The number of carboxylic acids is 1. The molecule has 0 aliphatic heterocycles. The molecule has 0 heterocycles. The third-order valence-corrected chi connectivity index (χ3v) is 4.77. The third kappa shape index (κ3) is 3.73. The van der Waals surface area contributed by atoms with Crippen molar-refractivity contribution in [3.05, 3.63) is 28.7 Å². The molecule has 1 atom stereocenters. The van der Waals surface area contributed by atoms with E-state index in [9.17, 15) is 9.90 Å². The number of aliphatic carboxylic acids is 1. The van der Waals surface area contributed by atoms with Gasteiger partial charge < -0.3 is 5.11 Å². The van der Waals surface area contributed by atoms with Gasteiger partial charge in [0.05, 0.1) is 0 Å².